The highest BCUT2D eigenvalue weighted by Crippen LogP contribution is 2.26. The lowest BCUT2D eigenvalue weighted by molar-refractivity contribution is -0.136. The Morgan fingerprint density at radius 3 is 2.76 bits per heavy atom. The average Bonchev–Trinajstić information content (AvgIpc) is 3.00. The number of hydrogen-bond acceptors (Lipinski definition) is 4. The summed E-state index contributed by atoms with van der Waals surface area (Å²) in [6.07, 6.45) is 1.13. The lowest BCUT2D eigenvalue weighted by atomic mass is 10.3. The van der Waals surface area contributed by atoms with Crippen molar-refractivity contribution in [2.24, 2.45) is 0 Å². The van der Waals surface area contributed by atoms with Crippen LogP contribution >= 0.6 is 11.8 Å². The van der Waals surface area contributed by atoms with Gasteiger partial charge in [0.25, 0.3) is 0 Å². The Morgan fingerprint density at radius 1 is 1.29 bits per heavy atom. The maximum atomic E-state index is 10.6. The summed E-state index contributed by atoms with van der Waals surface area (Å²) in [5.41, 5.74) is 2.19. The van der Waals surface area contributed by atoms with E-state index >= 15 is 0 Å². The Kier molecular flexibility index (Phi) is 3.83. The van der Waals surface area contributed by atoms with Crippen LogP contribution in [0.25, 0.3) is 16.8 Å². The molecule has 0 radical (unpaired) electrons. The SMILES string of the molecule is CCCn1c2ccccc2n2c(SCCC(=O)O)nnc12. The number of imidazole rings is 1. The molecule has 0 bridgehead atoms. The smallest absolute Gasteiger partial charge is 0.304 e. The summed E-state index contributed by atoms with van der Waals surface area (Å²) in [6, 6.07) is 8.12. The van der Waals surface area contributed by atoms with Gasteiger partial charge in [-0.2, -0.15) is 0 Å². The minimum Gasteiger partial charge on any atom is -0.481 e. The Balaban J connectivity index is 2.07. The number of rotatable bonds is 6. The molecule has 0 aliphatic carbocycles. The number of carboxylic acids is 1. The molecule has 0 amide bonds. The van der Waals surface area contributed by atoms with E-state index in [1.807, 2.05) is 22.6 Å². The second-order valence-electron chi connectivity index (χ2n) is 4.75. The van der Waals surface area contributed by atoms with Crippen molar-refractivity contribution in [2.45, 2.75) is 31.5 Å². The number of thioether (sulfide) groups is 1. The minimum absolute atomic E-state index is 0.118. The van der Waals surface area contributed by atoms with Crippen LogP contribution in [-0.4, -0.2) is 36.0 Å². The maximum absolute atomic E-state index is 10.6. The normalized spacial score (nSPS) is 11.5. The Bertz CT molecular complexity index is 793. The number of aromatic nitrogens is 4. The monoisotopic (exact) mass is 304 g/mol. The van der Waals surface area contributed by atoms with Gasteiger partial charge in [0.05, 0.1) is 17.5 Å². The fraction of sp³-hybridized carbons (Fsp3) is 0.357. The van der Waals surface area contributed by atoms with E-state index in [0.717, 1.165) is 34.9 Å². The summed E-state index contributed by atoms with van der Waals surface area (Å²) < 4.78 is 4.17. The van der Waals surface area contributed by atoms with Crippen LogP contribution in [0.3, 0.4) is 0 Å². The van der Waals surface area contributed by atoms with Crippen molar-refractivity contribution in [2.75, 3.05) is 5.75 Å². The van der Waals surface area contributed by atoms with Crippen LogP contribution in [0.2, 0.25) is 0 Å². The molecule has 0 unspecified atom stereocenters. The van der Waals surface area contributed by atoms with Gasteiger partial charge in [0, 0.05) is 12.3 Å². The van der Waals surface area contributed by atoms with Gasteiger partial charge in [-0.05, 0) is 18.6 Å². The van der Waals surface area contributed by atoms with Gasteiger partial charge in [-0.3, -0.25) is 9.20 Å². The number of carbonyl (C=O) groups is 1. The summed E-state index contributed by atoms with van der Waals surface area (Å²) in [6.45, 7) is 3.01. The minimum atomic E-state index is -0.795. The molecule has 2 aromatic heterocycles. The first-order valence-electron chi connectivity index (χ1n) is 6.89. The number of aliphatic carboxylic acids is 1. The van der Waals surface area contributed by atoms with Gasteiger partial charge in [-0.15, -0.1) is 10.2 Å². The molecule has 0 fully saturated rings. The van der Waals surface area contributed by atoms with Crippen LogP contribution in [0.4, 0.5) is 0 Å². The third-order valence-corrected chi connectivity index (χ3v) is 4.20. The zero-order valence-electron chi connectivity index (χ0n) is 11.7. The fourth-order valence-corrected chi connectivity index (χ4v) is 3.27. The van der Waals surface area contributed by atoms with Crippen molar-refractivity contribution in [3.8, 4) is 0 Å². The Hall–Kier alpha value is -2.02. The third kappa shape index (κ3) is 2.49. The van der Waals surface area contributed by atoms with Crippen LogP contribution < -0.4 is 0 Å². The van der Waals surface area contributed by atoms with E-state index < -0.39 is 5.97 Å². The zero-order chi connectivity index (χ0) is 14.8. The largest absolute Gasteiger partial charge is 0.481 e. The summed E-state index contributed by atoms with van der Waals surface area (Å²) in [5.74, 6) is 0.510. The number of carboxylic acid groups (broad SMARTS) is 1. The Morgan fingerprint density at radius 2 is 2.05 bits per heavy atom. The van der Waals surface area contributed by atoms with E-state index in [1.165, 1.54) is 11.8 Å². The first-order chi connectivity index (χ1) is 10.2. The summed E-state index contributed by atoms with van der Waals surface area (Å²) in [5, 5.41) is 18.0. The van der Waals surface area contributed by atoms with Gasteiger partial charge >= 0.3 is 5.97 Å². The molecule has 0 spiro atoms. The first kappa shape index (κ1) is 13.9. The topological polar surface area (TPSA) is 72.4 Å². The number of benzene rings is 1. The molecule has 110 valence electrons. The van der Waals surface area contributed by atoms with E-state index in [1.54, 1.807) is 0 Å². The number of nitrogens with zero attached hydrogens (tertiary/aromatic N) is 4. The molecule has 0 atom stereocenters. The number of hydrogen-bond donors (Lipinski definition) is 1. The first-order valence-corrected chi connectivity index (χ1v) is 7.88. The molecule has 0 saturated heterocycles. The van der Waals surface area contributed by atoms with E-state index in [9.17, 15) is 4.79 Å². The van der Waals surface area contributed by atoms with E-state index in [0.29, 0.717) is 5.75 Å². The van der Waals surface area contributed by atoms with Crippen LogP contribution in [0.1, 0.15) is 19.8 Å². The predicted molar refractivity (Wildman–Crippen MR) is 81.8 cm³/mol. The van der Waals surface area contributed by atoms with Crippen LogP contribution in [0.5, 0.6) is 0 Å². The molecule has 3 aromatic rings. The lowest BCUT2D eigenvalue weighted by Crippen LogP contribution is -1.97. The van der Waals surface area contributed by atoms with Gasteiger partial charge < -0.3 is 9.67 Å². The number of fused-ring (bicyclic) bond motifs is 3. The van der Waals surface area contributed by atoms with Crippen molar-refractivity contribution < 1.29 is 9.90 Å². The molecule has 1 N–H and O–H groups in total. The van der Waals surface area contributed by atoms with Gasteiger partial charge in [0.15, 0.2) is 5.16 Å². The van der Waals surface area contributed by atoms with Crippen molar-refractivity contribution >= 4 is 34.5 Å². The second-order valence-corrected chi connectivity index (χ2v) is 5.81. The standard InChI is InChI=1S/C14H16N4O2S/c1-2-8-17-10-5-3-4-6-11(10)18-13(17)15-16-14(18)21-9-7-12(19)20/h3-6H,2,7-9H2,1H3,(H,19,20). The maximum Gasteiger partial charge on any atom is 0.304 e. The number of aryl methyl sites for hydroxylation is 1. The van der Waals surface area contributed by atoms with Crippen molar-refractivity contribution in [3.63, 3.8) is 0 Å². The summed E-state index contributed by atoms with van der Waals surface area (Å²) in [4.78, 5) is 10.6. The fourth-order valence-electron chi connectivity index (χ4n) is 2.40. The number of para-hydroxylation sites is 2. The molecule has 1 aromatic carbocycles. The molecule has 2 heterocycles. The zero-order valence-corrected chi connectivity index (χ0v) is 12.5. The van der Waals surface area contributed by atoms with Crippen LogP contribution in [0, 0.1) is 0 Å². The summed E-state index contributed by atoms with van der Waals surface area (Å²) >= 11 is 1.43. The summed E-state index contributed by atoms with van der Waals surface area (Å²) in [7, 11) is 0. The molecule has 7 heteroatoms. The molecule has 6 nitrogen and oxygen atoms in total. The van der Waals surface area contributed by atoms with Crippen LogP contribution in [-0.2, 0) is 11.3 Å². The molecule has 21 heavy (non-hydrogen) atoms. The van der Waals surface area contributed by atoms with Crippen LogP contribution in [0.15, 0.2) is 29.4 Å². The molecule has 3 rings (SSSR count). The van der Waals surface area contributed by atoms with E-state index in [-0.39, 0.29) is 6.42 Å². The quantitative estimate of drug-likeness (QED) is 0.709. The highest BCUT2D eigenvalue weighted by atomic mass is 32.2. The van der Waals surface area contributed by atoms with Gasteiger partial charge in [-0.1, -0.05) is 30.8 Å². The van der Waals surface area contributed by atoms with Crippen molar-refractivity contribution in [1.82, 2.24) is 19.2 Å². The van der Waals surface area contributed by atoms with E-state index in [2.05, 4.69) is 27.8 Å². The highest BCUT2D eigenvalue weighted by molar-refractivity contribution is 7.99. The lowest BCUT2D eigenvalue weighted by Gasteiger charge is -2.00. The average molecular weight is 304 g/mol. The predicted octanol–water partition coefficient (Wildman–Crippen LogP) is 2.66. The van der Waals surface area contributed by atoms with Crippen molar-refractivity contribution in [3.05, 3.63) is 24.3 Å². The molecular formula is C14H16N4O2S. The van der Waals surface area contributed by atoms with Gasteiger partial charge in [0.1, 0.15) is 0 Å². The highest BCUT2D eigenvalue weighted by Gasteiger charge is 2.16. The van der Waals surface area contributed by atoms with Gasteiger partial charge in [0.2, 0.25) is 5.78 Å². The van der Waals surface area contributed by atoms with Crippen molar-refractivity contribution in [1.29, 1.82) is 0 Å². The molecular weight excluding hydrogens is 288 g/mol. The molecule has 0 saturated carbocycles. The molecule has 0 aliphatic rings. The van der Waals surface area contributed by atoms with Gasteiger partial charge in [-0.25, -0.2) is 0 Å². The third-order valence-electron chi connectivity index (χ3n) is 3.27. The Labute approximate surface area is 125 Å². The van der Waals surface area contributed by atoms with E-state index in [4.69, 9.17) is 5.11 Å². The second kappa shape index (κ2) is 5.77. The molecule has 0 aliphatic heterocycles.